The van der Waals surface area contributed by atoms with Crippen LogP contribution in [0.15, 0.2) is 29.8 Å². The van der Waals surface area contributed by atoms with E-state index >= 15 is 0 Å². The average molecular weight is 586 g/mol. The zero-order chi connectivity index (χ0) is 30.7. The van der Waals surface area contributed by atoms with Crippen LogP contribution >= 0.6 is 0 Å². The quantitative estimate of drug-likeness (QED) is 0.288. The lowest BCUT2D eigenvalue weighted by atomic mass is 9.33. The fourth-order valence-electron chi connectivity index (χ4n) is 12.6. The summed E-state index contributed by atoms with van der Waals surface area (Å²) in [5.41, 5.74) is 6.04. The average Bonchev–Trinajstić information content (AvgIpc) is 3.33. The van der Waals surface area contributed by atoms with Gasteiger partial charge in [-0.2, -0.15) is 0 Å². The van der Waals surface area contributed by atoms with Crippen molar-refractivity contribution in [3.05, 3.63) is 41.1 Å². The van der Waals surface area contributed by atoms with E-state index in [1.807, 2.05) is 0 Å². The highest BCUT2D eigenvalue weighted by atomic mass is 16.5. The van der Waals surface area contributed by atoms with Gasteiger partial charge >= 0.3 is 5.97 Å². The van der Waals surface area contributed by atoms with Crippen LogP contribution in [0.4, 0.5) is 0 Å². The van der Waals surface area contributed by atoms with Crippen LogP contribution in [0.5, 0.6) is 5.75 Å². The molecule has 9 atom stereocenters. The van der Waals surface area contributed by atoms with Gasteiger partial charge in [0.2, 0.25) is 0 Å². The van der Waals surface area contributed by atoms with E-state index in [4.69, 9.17) is 9.47 Å². The minimum Gasteiger partial charge on any atom is -0.494 e. The number of allylic oxidation sites excluding steroid dienone is 2. The number of fused-ring (bicyclic) bond motifs is 10. The first-order valence-corrected chi connectivity index (χ1v) is 17.4. The summed E-state index contributed by atoms with van der Waals surface area (Å²) in [6, 6.07) is 6.63. The molecule has 5 aliphatic rings. The van der Waals surface area contributed by atoms with Crippen LogP contribution in [0.2, 0.25) is 0 Å². The fourth-order valence-corrected chi connectivity index (χ4v) is 12.6. The zero-order valence-electron chi connectivity index (χ0n) is 28.3. The molecule has 0 bridgehead atoms. The Labute approximate surface area is 259 Å². The highest BCUT2D eigenvalue weighted by molar-refractivity contribution is 5.87. The Kier molecular flexibility index (Phi) is 6.44. The second-order valence-corrected chi connectivity index (χ2v) is 16.8. The van der Waals surface area contributed by atoms with Gasteiger partial charge in [0.25, 0.3) is 0 Å². The van der Waals surface area contributed by atoms with E-state index in [1.54, 1.807) is 12.7 Å². The minimum absolute atomic E-state index is 0.0504. The molecule has 0 spiro atoms. The van der Waals surface area contributed by atoms with Crippen molar-refractivity contribution in [3.63, 3.8) is 0 Å². The minimum atomic E-state index is -0.347. The van der Waals surface area contributed by atoms with E-state index in [2.05, 4.69) is 84.6 Å². The molecule has 1 aromatic carbocycles. The van der Waals surface area contributed by atoms with E-state index in [-0.39, 0.29) is 33.0 Å². The smallest absolute Gasteiger partial charge is 0.312 e. The third kappa shape index (κ3) is 3.59. The molecule has 4 nitrogen and oxygen atoms in total. The first-order chi connectivity index (χ1) is 20.3. The predicted octanol–water partition coefficient (Wildman–Crippen LogP) is 9.41. The van der Waals surface area contributed by atoms with Gasteiger partial charge in [0, 0.05) is 22.0 Å². The molecule has 0 radical (unpaired) electrons. The maximum Gasteiger partial charge on any atom is 0.312 e. The number of methoxy groups -OCH3 is 1. The lowest BCUT2D eigenvalue weighted by molar-refractivity contribution is -0.181. The van der Waals surface area contributed by atoms with Gasteiger partial charge in [0.1, 0.15) is 5.75 Å². The molecule has 0 saturated heterocycles. The molecule has 0 unspecified atom stereocenters. The summed E-state index contributed by atoms with van der Waals surface area (Å²) >= 11 is 0. The van der Waals surface area contributed by atoms with Crippen molar-refractivity contribution in [1.29, 1.82) is 0 Å². The molecule has 3 saturated carbocycles. The van der Waals surface area contributed by atoms with Crippen molar-refractivity contribution in [2.24, 2.45) is 51.2 Å². The number of ether oxygens (including phenoxy) is 2. The number of rotatable bonds is 3. The van der Waals surface area contributed by atoms with Crippen LogP contribution in [0.3, 0.4) is 0 Å². The second kappa shape index (κ2) is 9.39. The summed E-state index contributed by atoms with van der Waals surface area (Å²) < 4.78 is 11.6. The van der Waals surface area contributed by atoms with Gasteiger partial charge in [-0.1, -0.05) is 60.1 Å². The Morgan fingerprint density at radius 2 is 1.77 bits per heavy atom. The Morgan fingerprint density at radius 1 is 1.00 bits per heavy atom. The summed E-state index contributed by atoms with van der Waals surface area (Å²) in [6.45, 7) is 20.6. The number of H-pyrrole nitrogens is 1. The lowest BCUT2D eigenvalue weighted by Crippen LogP contribution is -2.65. The Morgan fingerprint density at radius 3 is 2.49 bits per heavy atom. The normalized spacial score (nSPS) is 42.9. The van der Waals surface area contributed by atoms with E-state index in [0.29, 0.717) is 36.2 Å². The first-order valence-electron chi connectivity index (χ1n) is 17.4. The first kappa shape index (κ1) is 29.5. The summed E-state index contributed by atoms with van der Waals surface area (Å²) in [6.07, 6.45) is 11.6. The van der Waals surface area contributed by atoms with Crippen LogP contribution in [0.1, 0.15) is 112 Å². The maximum atomic E-state index is 13.6. The van der Waals surface area contributed by atoms with E-state index in [9.17, 15) is 4.79 Å². The highest BCUT2D eigenvalue weighted by Crippen LogP contribution is 2.75. The van der Waals surface area contributed by atoms with Gasteiger partial charge in [0.05, 0.1) is 19.1 Å². The van der Waals surface area contributed by atoms with Crippen molar-refractivity contribution in [1.82, 2.24) is 4.98 Å². The Hall–Kier alpha value is -2.23. The summed E-state index contributed by atoms with van der Waals surface area (Å²) in [5.74, 6) is 3.66. The van der Waals surface area contributed by atoms with Crippen LogP contribution in [0.25, 0.3) is 10.9 Å². The number of carbonyl (C=O) groups is 1. The zero-order valence-corrected chi connectivity index (χ0v) is 28.3. The number of benzene rings is 1. The monoisotopic (exact) mass is 585 g/mol. The number of carbonyl (C=O) groups excluding carboxylic acids is 1. The van der Waals surface area contributed by atoms with Gasteiger partial charge < -0.3 is 14.5 Å². The largest absolute Gasteiger partial charge is 0.494 e. The van der Waals surface area contributed by atoms with Crippen molar-refractivity contribution in [2.45, 2.75) is 112 Å². The third-order valence-corrected chi connectivity index (χ3v) is 15.1. The van der Waals surface area contributed by atoms with Gasteiger partial charge in [-0.3, -0.25) is 4.79 Å². The van der Waals surface area contributed by atoms with Crippen molar-refractivity contribution in [3.8, 4) is 5.75 Å². The van der Waals surface area contributed by atoms with Crippen LogP contribution in [-0.4, -0.2) is 24.7 Å². The van der Waals surface area contributed by atoms with E-state index in [1.165, 1.54) is 35.0 Å². The summed E-state index contributed by atoms with van der Waals surface area (Å²) in [5, 5.41) is 1.35. The molecule has 2 aromatic rings. The van der Waals surface area contributed by atoms with Crippen LogP contribution in [-0.2, 0) is 21.4 Å². The molecule has 3 fully saturated rings. The van der Waals surface area contributed by atoms with Gasteiger partial charge in [-0.25, -0.2) is 0 Å². The molecule has 1 aromatic heterocycles. The predicted molar refractivity (Wildman–Crippen MR) is 174 cm³/mol. The molecule has 0 aliphatic heterocycles. The van der Waals surface area contributed by atoms with Gasteiger partial charge in [0.15, 0.2) is 0 Å². The third-order valence-electron chi connectivity index (χ3n) is 15.1. The van der Waals surface area contributed by atoms with Crippen molar-refractivity contribution >= 4 is 16.9 Å². The van der Waals surface area contributed by atoms with E-state index in [0.717, 1.165) is 44.3 Å². The van der Waals surface area contributed by atoms with Crippen LogP contribution in [0, 0.1) is 51.2 Å². The summed E-state index contributed by atoms with van der Waals surface area (Å²) in [7, 11) is 1.61. The highest BCUT2D eigenvalue weighted by Gasteiger charge is 2.69. The van der Waals surface area contributed by atoms with Crippen LogP contribution < -0.4 is 4.74 Å². The molecule has 7 rings (SSSR count). The Balaban J connectivity index is 1.35. The lowest BCUT2D eigenvalue weighted by Gasteiger charge is -2.70. The number of nitrogens with one attached hydrogen (secondary N) is 1. The number of aromatic amines is 1. The van der Waals surface area contributed by atoms with Crippen molar-refractivity contribution < 1.29 is 14.3 Å². The standard InChI is InChI=1S/C39H55NO3/c1-10-43-25-11-13-29-26(21-25)27-22-36(6)30(35(4,5)33(27)40-29)16-17-38(8)31(36)14-12-28-32-24(3)23(2)15-18-39(32,34(41)42-9)20-19-37(28,38)7/h11-13,21,23-24,30-32,40H,10,14-20,22H2,1-9H3/t23-,24+,30+,31-,32+,36+,37-,38-,39+/m1/s1. The second-order valence-electron chi connectivity index (χ2n) is 16.8. The van der Waals surface area contributed by atoms with Gasteiger partial charge in [-0.15, -0.1) is 0 Å². The number of aromatic nitrogens is 1. The molecule has 4 heteroatoms. The molecule has 43 heavy (non-hydrogen) atoms. The SMILES string of the molecule is CCOc1ccc2[nH]c3c(c2c1)C[C@]1(C)[C@H]2CC=C4[C@@H]5[C@@H](C)[C@H](C)CC[C@]5(C(=O)OC)CC[C@@]4(C)[C@]2(C)CC[C@H]1C3(C)C. The maximum absolute atomic E-state index is 13.6. The topological polar surface area (TPSA) is 51.3 Å². The molecule has 0 amide bonds. The summed E-state index contributed by atoms with van der Waals surface area (Å²) in [4.78, 5) is 17.5. The molecule has 1 heterocycles. The molecular formula is C39H55NO3. The van der Waals surface area contributed by atoms with E-state index < -0.39 is 0 Å². The molecule has 1 N–H and O–H groups in total. The molecule has 234 valence electrons. The number of hydrogen-bond donors (Lipinski definition) is 1. The fraction of sp³-hybridized carbons (Fsp3) is 0.718. The Bertz CT molecular complexity index is 1500. The van der Waals surface area contributed by atoms with Gasteiger partial charge in [-0.05, 0) is 128 Å². The molecule has 5 aliphatic carbocycles. The molecular weight excluding hydrogens is 530 g/mol. The van der Waals surface area contributed by atoms with Crippen molar-refractivity contribution in [2.75, 3.05) is 13.7 Å². The number of esters is 1. The number of hydrogen-bond acceptors (Lipinski definition) is 3.